The topological polar surface area (TPSA) is 99.9 Å². The summed E-state index contributed by atoms with van der Waals surface area (Å²) in [6.07, 6.45) is 0.320. The lowest BCUT2D eigenvalue weighted by atomic mass is 10.2. The molecule has 27 heavy (non-hydrogen) atoms. The molecular formula is C18H17FN2O5S. The highest BCUT2D eigenvalue weighted by molar-refractivity contribution is 7.99. The van der Waals surface area contributed by atoms with Gasteiger partial charge in [-0.25, -0.2) is 9.18 Å². The van der Waals surface area contributed by atoms with Crippen molar-refractivity contribution in [3.05, 3.63) is 53.2 Å². The van der Waals surface area contributed by atoms with E-state index in [4.69, 9.17) is 4.42 Å². The Morgan fingerprint density at radius 1 is 1.37 bits per heavy atom. The summed E-state index contributed by atoms with van der Waals surface area (Å²) >= 11 is 1.37. The second-order valence-corrected chi connectivity index (χ2v) is 6.87. The fourth-order valence-corrected chi connectivity index (χ4v) is 3.91. The molecule has 2 N–H and O–H groups in total. The van der Waals surface area contributed by atoms with E-state index < -0.39 is 29.6 Å². The Balaban J connectivity index is 1.79. The smallest absolute Gasteiger partial charge is 0.339 e. The number of furan rings is 1. The zero-order chi connectivity index (χ0) is 19.6. The first-order valence-electron chi connectivity index (χ1n) is 8.22. The van der Waals surface area contributed by atoms with Crippen molar-refractivity contribution in [1.82, 2.24) is 4.90 Å². The highest BCUT2D eigenvalue weighted by atomic mass is 32.2. The number of nitrogens with one attached hydrogen (secondary N) is 1. The van der Waals surface area contributed by atoms with Crippen molar-refractivity contribution in [2.45, 2.75) is 19.4 Å². The molecule has 1 aliphatic heterocycles. The van der Waals surface area contributed by atoms with Gasteiger partial charge in [0.1, 0.15) is 23.2 Å². The summed E-state index contributed by atoms with van der Waals surface area (Å²) in [5.74, 6) is -2.17. The average Bonchev–Trinajstić information content (AvgIpc) is 3.30. The number of halogens is 1. The van der Waals surface area contributed by atoms with Crippen LogP contribution in [0.4, 0.5) is 10.1 Å². The predicted octanol–water partition coefficient (Wildman–Crippen LogP) is 2.83. The summed E-state index contributed by atoms with van der Waals surface area (Å²) in [7, 11) is 0. The van der Waals surface area contributed by atoms with Gasteiger partial charge in [-0.2, -0.15) is 0 Å². The quantitative estimate of drug-likeness (QED) is 0.812. The summed E-state index contributed by atoms with van der Waals surface area (Å²) in [6, 6.07) is 6.12. The Kier molecular flexibility index (Phi) is 5.50. The van der Waals surface area contributed by atoms with Crippen molar-refractivity contribution in [3.63, 3.8) is 0 Å². The second kappa shape index (κ2) is 7.83. The Hall–Kier alpha value is -2.81. The van der Waals surface area contributed by atoms with Crippen LogP contribution in [0.1, 0.15) is 33.6 Å². The van der Waals surface area contributed by atoms with Crippen LogP contribution in [0.25, 0.3) is 0 Å². The monoisotopic (exact) mass is 392 g/mol. The van der Waals surface area contributed by atoms with Gasteiger partial charge in [-0.1, -0.05) is 19.1 Å². The maximum absolute atomic E-state index is 13.7. The van der Waals surface area contributed by atoms with E-state index in [1.165, 1.54) is 40.9 Å². The number of amides is 2. The molecule has 7 nitrogen and oxygen atoms in total. The van der Waals surface area contributed by atoms with Crippen molar-refractivity contribution in [2.75, 3.05) is 16.9 Å². The summed E-state index contributed by atoms with van der Waals surface area (Å²) in [6.45, 7) is 1.72. The van der Waals surface area contributed by atoms with Gasteiger partial charge >= 0.3 is 5.97 Å². The number of carbonyl (C=O) groups excluding carboxylic acids is 2. The van der Waals surface area contributed by atoms with Crippen molar-refractivity contribution in [2.24, 2.45) is 0 Å². The minimum absolute atomic E-state index is 0.0335. The lowest BCUT2D eigenvalue weighted by Gasteiger charge is -2.22. The first kappa shape index (κ1) is 19.0. The number of nitrogens with zero attached hydrogens (tertiary/aromatic N) is 1. The molecule has 2 amide bonds. The lowest BCUT2D eigenvalue weighted by molar-refractivity contribution is -0.119. The van der Waals surface area contributed by atoms with Gasteiger partial charge in [0.2, 0.25) is 5.91 Å². The van der Waals surface area contributed by atoms with Gasteiger partial charge in [-0.15, -0.1) is 11.8 Å². The standard InChI is InChI=1S/C18H17FN2O5S/c1-2-14-10(18(24)25)7-15(26-14)17(23)21-9-27-8-13(21)16(22)20-12-6-4-3-5-11(12)19/h3-7,13H,2,8-9H2,1H3,(H,20,22)(H,24,25). The van der Waals surface area contributed by atoms with Crippen LogP contribution in [0, 0.1) is 5.82 Å². The van der Waals surface area contributed by atoms with Gasteiger partial charge in [0, 0.05) is 18.2 Å². The van der Waals surface area contributed by atoms with Gasteiger partial charge in [0.25, 0.3) is 5.91 Å². The van der Waals surface area contributed by atoms with Crippen molar-refractivity contribution >= 4 is 35.2 Å². The van der Waals surface area contributed by atoms with Gasteiger partial charge in [-0.05, 0) is 12.1 Å². The van der Waals surface area contributed by atoms with Gasteiger partial charge in [0.05, 0.1) is 11.6 Å². The van der Waals surface area contributed by atoms with E-state index in [9.17, 15) is 23.9 Å². The van der Waals surface area contributed by atoms with Crippen LogP contribution in [0.15, 0.2) is 34.7 Å². The average molecular weight is 392 g/mol. The number of anilines is 1. The molecule has 1 aromatic carbocycles. The van der Waals surface area contributed by atoms with E-state index in [2.05, 4.69) is 5.32 Å². The highest BCUT2D eigenvalue weighted by Crippen LogP contribution is 2.26. The zero-order valence-electron chi connectivity index (χ0n) is 14.4. The number of carbonyl (C=O) groups is 3. The normalized spacial score (nSPS) is 16.4. The summed E-state index contributed by atoms with van der Waals surface area (Å²) in [5.41, 5.74) is -0.0358. The Morgan fingerprint density at radius 2 is 2.11 bits per heavy atom. The van der Waals surface area contributed by atoms with Crippen LogP contribution in [-0.2, 0) is 11.2 Å². The van der Waals surface area contributed by atoms with Crippen LogP contribution >= 0.6 is 11.8 Å². The molecule has 2 heterocycles. The predicted molar refractivity (Wildman–Crippen MR) is 97.4 cm³/mol. The number of aromatic carboxylic acids is 1. The molecule has 3 rings (SSSR count). The van der Waals surface area contributed by atoms with Gasteiger partial charge in [-0.3, -0.25) is 9.59 Å². The van der Waals surface area contributed by atoms with Crippen LogP contribution in [0.3, 0.4) is 0 Å². The first-order chi connectivity index (χ1) is 12.9. The van der Waals surface area contributed by atoms with E-state index in [0.29, 0.717) is 12.2 Å². The minimum Gasteiger partial charge on any atom is -0.478 e. The van der Waals surface area contributed by atoms with Crippen LogP contribution in [0.2, 0.25) is 0 Å². The van der Waals surface area contributed by atoms with Crippen molar-refractivity contribution < 1.29 is 28.3 Å². The molecule has 142 valence electrons. The Morgan fingerprint density at radius 3 is 2.74 bits per heavy atom. The molecule has 0 radical (unpaired) electrons. The van der Waals surface area contributed by atoms with E-state index in [1.54, 1.807) is 13.0 Å². The first-order valence-corrected chi connectivity index (χ1v) is 9.38. The molecule has 1 fully saturated rings. The number of thioether (sulfide) groups is 1. The largest absolute Gasteiger partial charge is 0.478 e. The summed E-state index contributed by atoms with van der Waals surface area (Å²) in [4.78, 5) is 37.9. The molecule has 1 saturated heterocycles. The van der Waals surface area contributed by atoms with Gasteiger partial charge < -0.3 is 19.7 Å². The number of benzene rings is 1. The van der Waals surface area contributed by atoms with Crippen LogP contribution in [0.5, 0.6) is 0 Å². The Labute approximate surface area is 158 Å². The van der Waals surface area contributed by atoms with Crippen molar-refractivity contribution in [1.29, 1.82) is 0 Å². The second-order valence-electron chi connectivity index (χ2n) is 5.87. The highest BCUT2D eigenvalue weighted by Gasteiger charge is 2.37. The molecule has 0 bridgehead atoms. The number of rotatable bonds is 5. The molecular weight excluding hydrogens is 375 g/mol. The fourth-order valence-electron chi connectivity index (χ4n) is 2.76. The van der Waals surface area contributed by atoms with E-state index >= 15 is 0 Å². The number of carboxylic acid groups (broad SMARTS) is 1. The molecule has 1 atom stereocenters. The zero-order valence-corrected chi connectivity index (χ0v) is 15.2. The molecule has 2 aromatic rings. The minimum atomic E-state index is -1.18. The lowest BCUT2D eigenvalue weighted by Crippen LogP contribution is -2.44. The van der Waals surface area contributed by atoms with E-state index in [1.807, 2.05) is 0 Å². The molecule has 0 saturated carbocycles. The molecule has 0 aliphatic carbocycles. The third kappa shape index (κ3) is 3.82. The van der Waals surface area contributed by atoms with Crippen molar-refractivity contribution in [3.8, 4) is 0 Å². The Bertz CT molecular complexity index is 898. The van der Waals surface area contributed by atoms with Crippen LogP contribution in [-0.4, -0.2) is 45.5 Å². The number of carboxylic acids is 1. The fraction of sp³-hybridized carbons (Fsp3) is 0.278. The van der Waals surface area contributed by atoms with Gasteiger partial charge in [0.15, 0.2) is 5.76 Å². The number of hydrogen-bond donors (Lipinski definition) is 2. The number of para-hydroxylation sites is 1. The van der Waals surface area contributed by atoms with E-state index in [-0.39, 0.29) is 28.6 Å². The maximum Gasteiger partial charge on any atom is 0.339 e. The molecule has 1 unspecified atom stereocenters. The maximum atomic E-state index is 13.7. The summed E-state index contributed by atoms with van der Waals surface area (Å²) in [5, 5.41) is 11.7. The number of hydrogen-bond acceptors (Lipinski definition) is 5. The molecule has 1 aliphatic rings. The third-order valence-electron chi connectivity index (χ3n) is 4.15. The van der Waals surface area contributed by atoms with Crippen LogP contribution < -0.4 is 5.32 Å². The number of aryl methyl sites for hydroxylation is 1. The molecule has 0 spiro atoms. The van der Waals surface area contributed by atoms with E-state index in [0.717, 1.165) is 0 Å². The summed E-state index contributed by atoms with van der Waals surface area (Å²) < 4.78 is 19.1. The molecule has 1 aromatic heterocycles. The molecule has 9 heteroatoms. The SMILES string of the molecule is CCc1oc(C(=O)N2CSCC2C(=O)Nc2ccccc2F)cc1C(=O)O. The third-order valence-corrected chi connectivity index (χ3v) is 5.16.